The van der Waals surface area contributed by atoms with Gasteiger partial charge in [-0.3, -0.25) is 0 Å². The van der Waals surface area contributed by atoms with E-state index in [2.05, 4.69) is 17.1 Å². The summed E-state index contributed by atoms with van der Waals surface area (Å²) in [6.07, 6.45) is 6.65. The van der Waals surface area contributed by atoms with Gasteiger partial charge in [0, 0.05) is 17.5 Å². The molecule has 0 aliphatic carbocycles. The molecule has 0 radical (unpaired) electrons. The van der Waals surface area contributed by atoms with Crippen molar-refractivity contribution < 1.29 is 8.42 Å². The topological polar surface area (TPSA) is 64.8 Å². The van der Waals surface area contributed by atoms with Crippen LogP contribution in [-0.4, -0.2) is 23.2 Å². The molecule has 0 fully saturated rings. The standard InChI is InChI=1S/C21H24ClN3O2S/c1-3-4-5-18(13-25-14-23-24-15-25)17-7-10-19(11-8-17)28(26,27)20-9-6-16(2)21(22)12-20/h6-12,14-15,18H,3-5,13H2,1-2H3. The molecule has 0 spiro atoms. The number of aryl methyl sites for hydroxylation is 1. The van der Waals surface area contributed by atoms with Gasteiger partial charge in [-0.1, -0.05) is 49.6 Å². The molecular formula is C21H24ClN3O2S. The Kier molecular flexibility index (Phi) is 6.52. The molecule has 1 unspecified atom stereocenters. The molecule has 0 saturated carbocycles. The molecule has 3 aromatic rings. The summed E-state index contributed by atoms with van der Waals surface area (Å²) < 4.78 is 27.8. The third-order valence-corrected chi connectivity index (χ3v) is 7.09. The van der Waals surface area contributed by atoms with Gasteiger partial charge in [0.1, 0.15) is 12.7 Å². The summed E-state index contributed by atoms with van der Waals surface area (Å²) in [5, 5.41) is 8.18. The van der Waals surface area contributed by atoms with Crippen molar-refractivity contribution in [3.8, 4) is 0 Å². The molecule has 0 aliphatic rings. The zero-order valence-corrected chi connectivity index (χ0v) is 17.6. The summed E-state index contributed by atoms with van der Waals surface area (Å²) in [5.41, 5.74) is 1.96. The highest BCUT2D eigenvalue weighted by Gasteiger charge is 2.20. The average molecular weight is 418 g/mol. The second kappa shape index (κ2) is 8.88. The normalized spacial score (nSPS) is 12.8. The van der Waals surface area contributed by atoms with Crippen molar-refractivity contribution in [3.63, 3.8) is 0 Å². The van der Waals surface area contributed by atoms with E-state index < -0.39 is 9.84 Å². The summed E-state index contributed by atoms with van der Waals surface area (Å²) in [6.45, 7) is 4.78. The summed E-state index contributed by atoms with van der Waals surface area (Å²) in [6, 6.07) is 12.0. The van der Waals surface area contributed by atoms with Gasteiger partial charge in [0.15, 0.2) is 0 Å². The second-order valence-electron chi connectivity index (χ2n) is 6.98. The van der Waals surface area contributed by atoms with Crippen LogP contribution in [0.25, 0.3) is 0 Å². The van der Waals surface area contributed by atoms with Crippen LogP contribution in [0.1, 0.15) is 43.2 Å². The van der Waals surface area contributed by atoms with Crippen LogP contribution in [-0.2, 0) is 16.4 Å². The predicted molar refractivity (Wildman–Crippen MR) is 110 cm³/mol. The Morgan fingerprint density at radius 2 is 1.68 bits per heavy atom. The summed E-state index contributed by atoms with van der Waals surface area (Å²) in [7, 11) is -3.60. The lowest BCUT2D eigenvalue weighted by atomic mass is 9.93. The van der Waals surface area contributed by atoms with Crippen molar-refractivity contribution in [2.24, 2.45) is 0 Å². The van der Waals surface area contributed by atoms with Crippen LogP contribution in [0.2, 0.25) is 5.02 Å². The van der Waals surface area contributed by atoms with E-state index in [1.165, 1.54) is 6.07 Å². The molecule has 1 aromatic heterocycles. The molecule has 0 bridgehead atoms. The van der Waals surface area contributed by atoms with Crippen molar-refractivity contribution in [1.82, 2.24) is 14.8 Å². The molecule has 3 rings (SSSR count). The summed E-state index contributed by atoms with van der Waals surface area (Å²) in [4.78, 5) is 0.484. The van der Waals surface area contributed by atoms with Crippen molar-refractivity contribution in [1.29, 1.82) is 0 Å². The minimum Gasteiger partial charge on any atom is -0.320 e. The van der Waals surface area contributed by atoms with E-state index in [0.29, 0.717) is 5.02 Å². The Hall–Kier alpha value is -2.18. The molecule has 28 heavy (non-hydrogen) atoms. The van der Waals surface area contributed by atoms with Gasteiger partial charge in [-0.15, -0.1) is 10.2 Å². The van der Waals surface area contributed by atoms with E-state index in [0.717, 1.165) is 36.9 Å². The van der Waals surface area contributed by atoms with Crippen LogP contribution in [0, 0.1) is 6.92 Å². The van der Waals surface area contributed by atoms with Gasteiger partial charge in [0.05, 0.1) is 9.79 Å². The maximum absolute atomic E-state index is 12.9. The molecule has 0 N–H and O–H groups in total. The lowest BCUT2D eigenvalue weighted by molar-refractivity contribution is 0.504. The number of hydrogen-bond acceptors (Lipinski definition) is 4. The van der Waals surface area contributed by atoms with Gasteiger partial charge in [-0.05, 0) is 48.7 Å². The predicted octanol–water partition coefficient (Wildman–Crippen LogP) is 5.05. The molecule has 0 aliphatic heterocycles. The molecule has 0 saturated heterocycles. The number of nitrogens with zero attached hydrogens (tertiary/aromatic N) is 3. The molecular weight excluding hydrogens is 394 g/mol. The highest BCUT2D eigenvalue weighted by Crippen LogP contribution is 2.29. The SMILES string of the molecule is CCCCC(Cn1cnnc1)c1ccc(S(=O)(=O)c2ccc(C)c(Cl)c2)cc1. The minimum atomic E-state index is -3.60. The highest BCUT2D eigenvalue weighted by molar-refractivity contribution is 7.91. The third kappa shape index (κ3) is 4.62. The summed E-state index contributed by atoms with van der Waals surface area (Å²) >= 11 is 6.11. The van der Waals surface area contributed by atoms with Gasteiger partial charge in [0.25, 0.3) is 0 Å². The van der Waals surface area contributed by atoms with Crippen molar-refractivity contribution in [2.45, 2.75) is 55.4 Å². The Morgan fingerprint density at radius 3 is 2.29 bits per heavy atom. The molecule has 7 heteroatoms. The minimum absolute atomic E-state index is 0.211. The fourth-order valence-corrected chi connectivity index (χ4v) is 4.71. The number of unbranched alkanes of at least 4 members (excludes halogenated alkanes) is 1. The zero-order chi connectivity index (χ0) is 20.1. The first-order chi connectivity index (χ1) is 13.4. The summed E-state index contributed by atoms with van der Waals surface area (Å²) in [5.74, 6) is 0.279. The monoisotopic (exact) mass is 417 g/mol. The van der Waals surface area contributed by atoms with Crippen LogP contribution in [0.3, 0.4) is 0 Å². The van der Waals surface area contributed by atoms with Crippen LogP contribution >= 0.6 is 11.6 Å². The van der Waals surface area contributed by atoms with Gasteiger partial charge >= 0.3 is 0 Å². The molecule has 5 nitrogen and oxygen atoms in total. The van der Waals surface area contributed by atoms with Gasteiger partial charge in [-0.25, -0.2) is 8.42 Å². The van der Waals surface area contributed by atoms with Crippen molar-refractivity contribution >= 4 is 21.4 Å². The number of hydrogen-bond donors (Lipinski definition) is 0. The largest absolute Gasteiger partial charge is 0.320 e. The molecule has 1 atom stereocenters. The van der Waals surface area contributed by atoms with Crippen LogP contribution in [0.4, 0.5) is 0 Å². The maximum atomic E-state index is 12.9. The van der Waals surface area contributed by atoms with E-state index in [1.54, 1.807) is 36.9 Å². The number of rotatable bonds is 8. The lowest BCUT2D eigenvalue weighted by Gasteiger charge is -2.18. The van der Waals surface area contributed by atoms with Gasteiger partial charge in [-0.2, -0.15) is 0 Å². The highest BCUT2D eigenvalue weighted by atomic mass is 35.5. The van der Waals surface area contributed by atoms with Gasteiger partial charge in [0.2, 0.25) is 9.84 Å². The van der Waals surface area contributed by atoms with Crippen LogP contribution in [0.5, 0.6) is 0 Å². The quantitative estimate of drug-likeness (QED) is 0.514. The third-order valence-electron chi connectivity index (χ3n) is 4.92. The first-order valence-corrected chi connectivity index (χ1v) is 11.2. The molecule has 2 aromatic carbocycles. The Labute approximate surface area is 171 Å². The van der Waals surface area contributed by atoms with E-state index >= 15 is 0 Å². The van der Waals surface area contributed by atoms with Crippen molar-refractivity contribution in [3.05, 3.63) is 71.3 Å². The Balaban J connectivity index is 1.86. The molecule has 1 heterocycles. The smallest absolute Gasteiger partial charge is 0.206 e. The number of halogens is 1. The first-order valence-electron chi connectivity index (χ1n) is 9.35. The second-order valence-corrected chi connectivity index (χ2v) is 9.34. The average Bonchev–Trinajstić information content (AvgIpc) is 3.20. The fourth-order valence-electron chi connectivity index (χ4n) is 3.18. The van der Waals surface area contributed by atoms with E-state index in [-0.39, 0.29) is 15.7 Å². The Bertz CT molecular complexity index is 1020. The molecule has 0 amide bonds. The molecule has 148 valence electrons. The zero-order valence-electron chi connectivity index (χ0n) is 16.0. The van der Waals surface area contributed by atoms with Crippen molar-refractivity contribution in [2.75, 3.05) is 0 Å². The van der Waals surface area contributed by atoms with Gasteiger partial charge < -0.3 is 4.57 Å². The maximum Gasteiger partial charge on any atom is 0.206 e. The Morgan fingerprint density at radius 1 is 1.04 bits per heavy atom. The number of benzene rings is 2. The fraction of sp³-hybridized carbons (Fsp3) is 0.333. The van der Waals surface area contributed by atoms with E-state index in [1.807, 2.05) is 23.6 Å². The van der Waals surface area contributed by atoms with Crippen LogP contribution < -0.4 is 0 Å². The number of aromatic nitrogens is 3. The van der Waals surface area contributed by atoms with E-state index in [9.17, 15) is 8.42 Å². The lowest BCUT2D eigenvalue weighted by Crippen LogP contribution is -2.09. The van der Waals surface area contributed by atoms with Crippen LogP contribution in [0.15, 0.2) is 64.9 Å². The number of sulfone groups is 1. The van der Waals surface area contributed by atoms with E-state index in [4.69, 9.17) is 11.6 Å². The first kappa shape index (κ1) is 20.6.